The second-order valence-electron chi connectivity index (χ2n) is 7.69. The van der Waals surface area contributed by atoms with E-state index in [4.69, 9.17) is 17.9 Å². The molecule has 4 nitrogen and oxygen atoms in total. The van der Waals surface area contributed by atoms with E-state index in [2.05, 4.69) is 40.8 Å². The van der Waals surface area contributed by atoms with E-state index in [1.807, 2.05) is 12.1 Å². The van der Waals surface area contributed by atoms with Gasteiger partial charge in [-0.2, -0.15) is 0 Å². The van der Waals surface area contributed by atoms with Gasteiger partial charge in [0.2, 0.25) is 0 Å². The van der Waals surface area contributed by atoms with E-state index in [1.165, 1.54) is 0 Å². The van der Waals surface area contributed by atoms with Crippen molar-refractivity contribution >= 4 is 22.0 Å². The summed E-state index contributed by atoms with van der Waals surface area (Å²) in [6.45, 7) is 2.40. The number of halogens is 1. The van der Waals surface area contributed by atoms with Crippen molar-refractivity contribution < 1.29 is 12.2 Å². The first-order chi connectivity index (χ1) is 12.2. The average molecular weight is 395 g/mol. The molecule has 130 valence electrons. The number of fused-ring (bicyclic) bond motifs is 3. The lowest BCUT2D eigenvalue weighted by molar-refractivity contribution is -0.0779. The van der Waals surface area contributed by atoms with Gasteiger partial charge in [-0.3, -0.25) is 0 Å². The van der Waals surface area contributed by atoms with Crippen molar-refractivity contribution in [3.05, 3.63) is 33.8 Å². The molecule has 1 heterocycles. The maximum Gasteiger partial charge on any atom is 0.283 e. The van der Waals surface area contributed by atoms with Crippen LogP contribution in [0.4, 0.5) is 0 Å². The molecule has 1 fully saturated rings. The molecule has 0 bridgehead atoms. The molecule has 4 rings (SSSR count). The first-order valence-electron chi connectivity index (χ1n) is 9.52. The van der Waals surface area contributed by atoms with Crippen LogP contribution in [0.3, 0.4) is 0 Å². The summed E-state index contributed by atoms with van der Waals surface area (Å²) in [7, 11) is 1.76. The number of ether oxygens (including phenoxy) is 2. The lowest BCUT2D eigenvalue weighted by Crippen LogP contribution is -2.51. The van der Waals surface area contributed by atoms with Gasteiger partial charge in [0.15, 0.2) is 0 Å². The summed E-state index contributed by atoms with van der Waals surface area (Å²) in [5.41, 5.74) is 6.45. The Morgan fingerprint density at radius 3 is 2.67 bits per heavy atom. The Kier molecular flexibility index (Phi) is 3.22. The predicted octanol–water partition coefficient (Wildman–Crippen LogP) is 3.61. The second kappa shape index (κ2) is 5.46. The highest BCUT2D eigenvalue weighted by molar-refractivity contribution is 9.10. The van der Waals surface area contributed by atoms with Gasteiger partial charge in [-0.15, -0.1) is 0 Å². The van der Waals surface area contributed by atoms with Crippen molar-refractivity contribution in [3.8, 4) is 0 Å². The number of hydrogen-bond acceptors (Lipinski definition) is 4. The summed E-state index contributed by atoms with van der Waals surface area (Å²) in [4.78, 5) is 4.69. The number of benzene rings is 1. The van der Waals surface area contributed by atoms with Crippen molar-refractivity contribution in [2.45, 2.75) is 44.8 Å². The van der Waals surface area contributed by atoms with E-state index in [0.717, 1.165) is 34.9 Å². The van der Waals surface area contributed by atoms with Crippen molar-refractivity contribution in [2.24, 2.45) is 28.0 Å². The lowest BCUT2D eigenvalue weighted by atomic mass is 9.57. The van der Waals surface area contributed by atoms with Crippen LogP contribution in [0, 0.1) is 17.3 Å². The van der Waals surface area contributed by atoms with Crippen LogP contribution in [-0.2, 0) is 21.4 Å². The van der Waals surface area contributed by atoms with E-state index in [0.29, 0.717) is 11.8 Å². The highest BCUT2D eigenvalue weighted by Gasteiger charge is 2.63. The van der Waals surface area contributed by atoms with Gasteiger partial charge in [0.25, 0.3) is 6.02 Å². The maximum atomic E-state index is 8.75. The molecule has 1 unspecified atom stereocenters. The van der Waals surface area contributed by atoms with E-state index >= 15 is 0 Å². The Morgan fingerprint density at radius 2 is 2.08 bits per heavy atom. The molecule has 5 heteroatoms. The number of nitrogens with zero attached hydrogens (tertiary/aromatic N) is 1. The first-order valence-corrected chi connectivity index (χ1v) is 9.31. The van der Waals surface area contributed by atoms with Crippen LogP contribution in [0.2, 0.25) is 0 Å². The van der Waals surface area contributed by atoms with Crippen LogP contribution in [0.15, 0.2) is 27.7 Å². The normalized spacial score (nSPS) is 44.0. The molecule has 1 aromatic carbocycles. The number of amidine groups is 1. The molecule has 0 aromatic heterocycles. The van der Waals surface area contributed by atoms with Gasteiger partial charge in [0.05, 0.1) is 8.85 Å². The molecule has 2 N–H and O–H groups in total. The molecule has 0 saturated heterocycles. The molecule has 1 saturated carbocycles. The van der Waals surface area contributed by atoms with Gasteiger partial charge >= 0.3 is 0 Å². The SMILES string of the molecule is [2H]C1([2H])OC(N)=NC12c1cc(Br)ccc1C[C@@]21C[C@@H](C)[C@H](OC)[C@@H](C)C1. The third-order valence-electron chi connectivity index (χ3n) is 6.16. The number of methoxy groups -OCH3 is 1. The summed E-state index contributed by atoms with van der Waals surface area (Å²) in [5.74, 6) is 0.595. The number of nitrogens with two attached hydrogens (primary N) is 1. The number of rotatable bonds is 1. The zero-order valence-corrected chi connectivity index (χ0v) is 15.9. The molecule has 5 atom stereocenters. The smallest absolute Gasteiger partial charge is 0.283 e. The molecule has 2 aliphatic carbocycles. The first kappa shape index (κ1) is 14.1. The van der Waals surface area contributed by atoms with Crippen LogP contribution in [0.5, 0.6) is 0 Å². The minimum absolute atomic E-state index is 0.0589. The fourth-order valence-corrected chi connectivity index (χ4v) is 5.87. The number of aliphatic imine (C=N–C) groups is 1. The zero-order valence-electron chi connectivity index (χ0n) is 16.3. The molecular weight excluding hydrogens is 368 g/mol. The second-order valence-corrected chi connectivity index (χ2v) is 8.60. The van der Waals surface area contributed by atoms with Gasteiger partial charge in [-0.25, -0.2) is 4.99 Å². The Hall–Kier alpha value is -1.07. The van der Waals surface area contributed by atoms with Crippen molar-refractivity contribution in [2.75, 3.05) is 13.7 Å². The van der Waals surface area contributed by atoms with Crippen molar-refractivity contribution in [1.29, 1.82) is 0 Å². The largest absolute Gasteiger partial charge is 0.462 e. The fourth-order valence-electron chi connectivity index (χ4n) is 5.51. The van der Waals surface area contributed by atoms with Crippen LogP contribution in [-0.4, -0.2) is 25.8 Å². The Morgan fingerprint density at radius 1 is 1.38 bits per heavy atom. The van der Waals surface area contributed by atoms with Gasteiger partial charge in [-0.05, 0) is 54.4 Å². The quantitative estimate of drug-likeness (QED) is 0.791. The molecule has 3 aliphatic rings. The van der Waals surface area contributed by atoms with Crippen molar-refractivity contribution in [1.82, 2.24) is 0 Å². The Labute approximate surface area is 154 Å². The molecule has 24 heavy (non-hydrogen) atoms. The van der Waals surface area contributed by atoms with E-state index in [-0.39, 0.29) is 17.5 Å². The summed E-state index contributed by atoms with van der Waals surface area (Å²) >= 11 is 3.54. The molecular formula is C19H25BrN2O2. The van der Waals surface area contributed by atoms with Crippen LogP contribution in [0.1, 0.15) is 40.6 Å². The summed E-state index contributed by atoms with van der Waals surface area (Å²) in [5, 5.41) is 0. The van der Waals surface area contributed by atoms with Gasteiger partial charge in [-0.1, -0.05) is 35.8 Å². The standard InChI is InChI=1S/C19H25BrN2O2/c1-11-7-18(8-12(2)16(11)23-3)9-13-4-5-14(20)6-15(13)19(18)10-24-17(21)22-19/h4-6,11-12,16H,7-10H2,1-3H3,(H2,21,22)/t11-,12+,16+,18+,19?/i10D2. The lowest BCUT2D eigenvalue weighted by Gasteiger charge is -2.50. The summed E-state index contributed by atoms with van der Waals surface area (Å²) < 4.78 is 29.6. The molecule has 2 spiro atoms. The third kappa shape index (κ3) is 2.10. The van der Waals surface area contributed by atoms with Gasteiger partial charge in [0, 0.05) is 17.0 Å². The van der Waals surface area contributed by atoms with Gasteiger partial charge < -0.3 is 15.2 Å². The Bertz CT molecular complexity index is 773. The fraction of sp³-hybridized carbons (Fsp3) is 0.632. The Balaban J connectivity index is 1.94. The third-order valence-corrected chi connectivity index (χ3v) is 6.65. The van der Waals surface area contributed by atoms with Crippen LogP contribution >= 0.6 is 15.9 Å². The van der Waals surface area contributed by atoms with Gasteiger partial charge in [0.1, 0.15) is 12.1 Å². The summed E-state index contributed by atoms with van der Waals surface area (Å²) in [6.07, 6.45) is 2.59. The van der Waals surface area contributed by atoms with E-state index in [9.17, 15) is 0 Å². The highest BCUT2D eigenvalue weighted by atomic mass is 79.9. The zero-order chi connectivity index (χ0) is 18.9. The van der Waals surface area contributed by atoms with E-state index in [1.54, 1.807) is 7.11 Å². The van der Waals surface area contributed by atoms with E-state index < -0.39 is 12.1 Å². The highest BCUT2D eigenvalue weighted by Crippen LogP contribution is 2.63. The topological polar surface area (TPSA) is 56.8 Å². The molecule has 1 aromatic rings. The summed E-state index contributed by atoms with van der Waals surface area (Å²) in [6, 6.07) is 6.02. The predicted molar refractivity (Wildman–Crippen MR) is 97.9 cm³/mol. The van der Waals surface area contributed by atoms with Crippen molar-refractivity contribution in [3.63, 3.8) is 0 Å². The minimum atomic E-state index is -1.98. The van der Waals surface area contributed by atoms with Crippen LogP contribution in [0.25, 0.3) is 0 Å². The number of hydrogen-bond donors (Lipinski definition) is 1. The maximum absolute atomic E-state index is 8.75. The molecule has 1 aliphatic heterocycles. The molecule has 0 radical (unpaired) electrons. The average Bonchev–Trinajstić information content (AvgIpc) is 2.92. The minimum Gasteiger partial charge on any atom is -0.462 e. The molecule has 0 amide bonds. The monoisotopic (exact) mass is 394 g/mol. The van der Waals surface area contributed by atoms with Crippen LogP contribution < -0.4 is 5.73 Å².